The summed E-state index contributed by atoms with van der Waals surface area (Å²) < 4.78 is 45.3. The molecule has 1 fully saturated rings. The van der Waals surface area contributed by atoms with Crippen LogP contribution in [0.15, 0.2) is 84.0 Å². The highest BCUT2D eigenvalue weighted by Crippen LogP contribution is 2.49. The molecule has 2 aliphatic carbocycles. The van der Waals surface area contributed by atoms with Gasteiger partial charge in [0.2, 0.25) is 15.9 Å². The zero-order valence-corrected chi connectivity index (χ0v) is 23.9. The predicted molar refractivity (Wildman–Crippen MR) is 155 cm³/mol. The maximum atomic E-state index is 14.0. The molecular formula is C32H33FN4O3S. The van der Waals surface area contributed by atoms with Gasteiger partial charge in [0.05, 0.1) is 11.4 Å². The van der Waals surface area contributed by atoms with E-state index >= 15 is 0 Å². The highest BCUT2D eigenvalue weighted by Gasteiger charge is 2.46. The van der Waals surface area contributed by atoms with Crippen molar-refractivity contribution in [2.75, 3.05) is 4.90 Å². The summed E-state index contributed by atoms with van der Waals surface area (Å²) in [6.45, 7) is 2.14. The molecule has 1 aromatic heterocycles. The number of sulfonamides is 1. The molecule has 7 nitrogen and oxygen atoms in total. The molecule has 6 rings (SSSR count). The van der Waals surface area contributed by atoms with Crippen LogP contribution in [0.3, 0.4) is 0 Å². The summed E-state index contributed by atoms with van der Waals surface area (Å²) in [7, 11) is -1.85. The number of aryl methyl sites for hydroxylation is 3. The summed E-state index contributed by atoms with van der Waals surface area (Å²) in [5.41, 5.74) is 4.37. The minimum Gasteiger partial charge on any atom is -0.337 e. The van der Waals surface area contributed by atoms with Gasteiger partial charge in [-0.05, 0) is 97.2 Å². The molecule has 0 spiro atoms. The Hall–Kier alpha value is -3.82. The lowest BCUT2D eigenvalue weighted by Gasteiger charge is -2.29. The highest BCUT2D eigenvalue weighted by molar-refractivity contribution is 7.89. The van der Waals surface area contributed by atoms with Gasteiger partial charge in [0.25, 0.3) is 0 Å². The number of amides is 1. The Labute approximate surface area is 240 Å². The molecule has 1 saturated carbocycles. The van der Waals surface area contributed by atoms with E-state index < -0.39 is 16.1 Å². The number of nitrogens with one attached hydrogen (secondary N) is 1. The van der Waals surface area contributed by atoms with Crippen LogP contribution in [0.25, 0.3) is 0 Å². The van der Waals surface area contributed by atoms with Crippen LogP contribution in [0.1, 0.15) is 59.3 Å². The van der Waals surface area contributed by atoms with Crippen molar-refractivity contribution >= 4 is 21.6 Å². The molecule has 0 unspecified atom stereocenters. The Balaban J connectivity index is 1.32. The van der Waals surface area contributed by atoms with Gasteiger partial charge < -0.3 is 9.47 Å². The summed E-state index contributed by atoms with van der Waals surface area (Å²) >= 11 is 0. The van der Waals surface area contributed by atoms with Crippen LogP contribution in [0.5, 0.6) is 0 Å². The Bertz CT molecular complexity index is 1720. The summed E-state index contributed by atoms with van der Waals surface area (Å²) in [6.07, 6.45) is 6.57. The van der Waals surface area contributed by atoms with E-state index in [1.165, 1.54) is 12.1 Å². The number of carbonyl (C=O) groups is 1. The topological polar surface area (TPSA) is 84.3 Å². The fourth-order valence-corrected chi connectivity index (χ4v) is 7.23. The number of rotatable bonds is 8. The average molecular weight is 573 g/mol. The zero-order chi connectivity index (χ0) is 28.7. The van der Waals surface area contributed by atoms with Gasteiger partial charge >= 0.3 is 0 Å². The van der Waals surface area contributed by atoms with E-state index in [9.17, 15) is 17.6 Å². The summed E-state index contributed by atoms with van der Waals surface area (Å²) in [5.74, 6) is 0.0854. The number of imidazole rings is 1. The lowest BCUT2D eigenvalue weighted by Crippen LogP contribution is -2.34. The maximum Gasteiger partial charge on any atom is 0.241 e. The molecule has 0 aliphatic heterocycles. The number of hydrogen-bond donors (Lipinski definition) is 1. The first kappa shape index (κ1) is 27.4. The van der Waals surface area contributed by atoms with Gasteiger partial charge in [-0.2, -0.15) is 0 Å². The van der Waals surface area contributed by atoms with Crippen molar-refractivity contribution in [1.82, 2.24) is 14.3 Å². The number of carbonyl (C=O) groups excluding carboxylic acids is 1. The van der Waals surface area contributed by atoms with Gasteiger partial charge in [0.15, 0.2) is 0 Å². The fourth-order valence-electron chi connectivity index (χ4n) is 5.88. The van der Waals surface area contributed by atoms with Gasteiger partial charge in [-0.3, -0.25) is 4.79 Å². The van der Waals surface area contributed by atoms with E-state index in [4.69, 9.17) is 0 Å². The highest BCUT2D eigenvalue weighted by atomic mass is 32.2. The number of anilines is 1. The van der Waals surface area contributed by atoms with Crippen LogP contribution in [0, 0.1) is 18.7 Å². The number of hydrogen-bond acceptors (Lipinski definition) is 4. The average Bonchev–Trinajstić information content (AvgIpc) is 3.66. The Morgan fingerprint density at radius 3 is 2.71 bits per heavy atom. The number of fused-ring (bicyclic) bond motifs is 1. The lowest BCUT2D eigenvalue weighted by molar-refractivity contribution is -0.120. The molecule has 9 heteroatoms. The predicted octanol–water partition coefficient (Wildman–Crippen LogP) is 5.56. The SMILES string of the molecule is Cc1cccc(S(=O)(=O)N[C@@H]2CCCc3ccc(N(Cc4nccn4C)C(=O)[C@@H]4C[C@H]4c4cccc(F)c4)cc32)c1. The second kappa shape index (κ2) is 10.9. The Kier molecular flexibility index (Phi) is 7.25. The second-order valence-corrected chi connectivity index (χ2v) is 12.9. The molecule has 0 bridgehead atoms. The molecule has 0 radical (unpaired) electrons. The van der Waals surface area contributed by atoms with Crippen molar-refractivity contribution in [3.05, 3.63) is 113 Å². The van der Waals surface area contributed by atoms with E-state index in [0.717, 1.165) is 40.9 Å². The van der Waals surface area contributed by atoms with E-state index in [-0.39, 0.29) is 35.0 Å². The monoisotopic (exact) mass is 572 g/mol. The van der Waals surface area contributed by atoms with Gasteiger partial charge in [-0.1, -0.05) is 30.3 Å². The summed E-state index contributed by atoms with van der Waals surface area (Å²) in [6, 6.07) is 18.8. The third kappa shape index (κ3) is 5.69. The molecule has 1 heterocycles. The summed E-state index contributed by atoms with van der Waals surface area (Å²) in [5, 5.41) is 0. The first-order valence-corrected chi connectivity index (χ1v) is 15.4. The molecule has 41 heavy (non-hydrogen) atoms. The van der Waals surface area contributed by atoms with Crippen LogP contribution in [-0.2, 0) is 34.8 Å². The lowest BCUT2D eigenvalue weighted by atomic mass is 9.87. The van der Waals surface area contributed by atoms with Crippen LogP contribution < -0.4 is 9.62 Å². The smallest absolute Gasteiger partial charge is 0.241 e. The largest absolute Gasteiger partial charge is 0.337 e. The standard InChI is InChI=1S/C32H33FN4O3S/c1-21-6-3-10-26(16-21)41(39,40)35-30-11-5-7-22-12-13-25(18-28(22)30)37(20-31-34-14-15-36(31)2)32(38)29-19-27(29)23-8-4-9-24(33)17-23/h3-4,6,8-10,12-18,27,29-30,35H,5,7,11,19-20H2,1-2H3/t27-,29+,30+/m0/s1. The zero-order valence-electron chi connectivity index (χ0n) is 23.1. The number of halogens is 1. The normalized spacial score (nSPS) is 19.9. The van der Waals surface area contributed by atoms with E-state index in [2.05, 4.69) is 9.71 Å². The van der Waals surface area contributed by atoms with Crippen LogP contribution in [-0.4, -0.2) is 23.9 Å². The molecule has 4 aromatic rings. The minimum absolute atomic E-state index is 0.0337. The molecular weight excluding hydrogens is 539 g/mol. The van der Waals surface area contributed by atoms with Crippen LogP contribution >= 0.6 is 0 Å². The van der Waals surface area contributed by atoms with Crippen molar-refractivity contribution < 1.29 is 17.6 Å². The number of aromatic nitrogens is 2. The van der Waals surface area contributed by atoms with E-state index in [0.29, 0.717) is 18.5 Å². The maximum absolute atomic E-state index is 14.0. The number of nitrogens with zero attached hydrogens (tertiary/aromatic N) is 3. The minimum atomic E-state index is -3.74. The fraction of sp³-hybridized carbons (Fsp3) is 0.312. The first-order chi connectivity index (χ1) is 19.7. The van der Waals surface area contributed by atoms with Gasteiger partial charge in [-0.15, -0.1) is 0 Å². The van der Waals surface area contributed by atoms with E-state index in [1.807, 2.05) is 55.1 Å². The van der Waals surface area contributed by atoms with Crippen molar-refractivity contribution in [2.45, 2.75) is 56.0 Å². The number of benzene rings is 3. The molecule has 2 aliphatic rings. The van der Waals surface area contributed by atoms with Gasteiger partial charge in [0, 0.05) is 37.1 Å². The van der Waals surface area contributed by atoms with Gasteiger partial charge in [0.1, 0.15) is 11.6 Å². The first-order valence-electron chi connectivity index (χ1n) is 13.9. The van der Waals surface area contributed by atoms with Crippen LogP contribution in [0.2, 0.25) is 0 Å². The van der Waals surface area contributed by atoms with E-state index in [1.54, 1.807) is 35.4 Å². The third-order valence-electron chi connectivity index (χ3n) is 8.22. The van der Waals surface area contributed by atoms with Crippen molar-refractivity contribution in [3.63, 3.8) is 0 Å². The third-order valence-corrected chi connectivity index (χ3v) is 9.69. The summed E-state index contributed by atoms with van der Waals surface area (Å²) in [4.78, 5) is 20.4. The van der Waals surface area contributed by atoms with Gasteiger partial charge in [-0.25, -0.2) is 22.5 Å². The molecule has 0 saturated heterocycles. The molecule has 1 N–H and O–H groups in total. The van der Waals surface area contributed by atoms with Crippen molar-refractivity contribution in [2.24, 2.45) is 13.0 Å². The molecule has 3 aromatic carbocycles. The molecule has 212 valence electrons. The molecule has 3 atom stereocenters. The Morgan fingerprint density at radius 1 is 1.12 bits per heavy atom. The van der Waals surface area contributed by atoms with Crippen molar-refractivity contribution in [3.8, 4) is 0 Å². The second-order valence-electron chi connectivity index (χ2n) is 11.1. The van der Waals surface area contributed by atoms with Crippen molar-refractivity contribution in [1.29, 1.82) is 0 Å². The van der Waals surface area contributed by atoms with Crippen LogP contribution in [0.4, 0.5) is 10.1 Å². The Morgan fingerprint density at radius 2 is 1.95 bits per heavy atom. The quantitative estimate of drug-likeness (QED) is 0.300. The molecule has 1 amide bonds.